The first-order chi connectivity index (χ1) is 17.9. The lowest BCUT2D eigenvalue weighted by Crippen LogP contribution is -2.32. The van der Waals surface area contributed by atoms with Crippen molar-refractivity contribution in [1.82, 2.24) is 4.57 Å². The van der Waals surface area contributed by atoms with Crippen molar-refractivity contribution in [1.29, 1.82) is 0 Å². The molecule has 36 heavy (non-hydrogen) atoms. The van der Waals surface area contributed by atoms with Gasteiger partial charge >= 0.3 is 0 Å². The summed E-state index contributed by atoms with van der Waals surface area (Å²) in [4.78, 5) is 2.67. The molecule has 1 aromatic heterocycles. The van der Waals surface area contributed by atoms with Crippen molar-refractivity contribution in [3.05, 3.63) is 113 Å². The van der Waals surface area contributed by atoms with E-state index in [-0.39, 0.29) is 0 Å². The molecule has 176 valence electrons. The summed E-state index contributed by atoms with van der Waals surface area (Å²) in [5.74, 6) is 0.454. The minimum atomic E-state index is 0.447. The number of aromatic nitrogens is 1. The zero-order valence-corrected chi connectivity index (χ0v) is 20.5. The number of nitrogens with zero attached hydrogens (tertiary/aromatic N) is 2. The second kappa shape index (κ2) is 7.86. The molecular formula is C34H30N2. The first-order valence-corrected chi connectivity index (χ1v) is 13.6. The number of anilines is 1. The van der Waals surface area contributed by atoms with Crippen LogP contribution in [-0.4, -0.2) is 10.6 Å². The molecule has 0 fully saturated rings. The fourth-order valence-electron chi connectivity index (χ4n) is 7.09. The fourth-order valence-corrected chi connectivity index (χ4v) is 7.09. The Kier molecular flexibility index (Phi) is 4.46. The number of para-hydroxylation sites is 1. The highest BCUT2D eigenvalue weighted by molar-refractivity contribution is 6.14. The lowest BCUT2D eigenvalue weighted by atomic mass is 9.89. The van der Waals surface area contributed by atoms with Crippen LogP contribution in [0.5, 0.6) is 0 Å². The van der Waals surface area contributed by atoms with Crippen LogP contribution in [0.3, 0.4) is 0 Å². The van der Waals surface area contributed by atoms with Crippen LogP contribution >= 0.6 is 0 Å². The van der Waals surface area contributed by atoms with Crippen molar-refractivity contribution in [2.45, 2.75) is 50.5 Å². The van der Waals surface area contributed by atoms with Crippen LogP contribution < -0.4 is 4.90 Å². The second-order valence-electron chi connectivity index (χ2n) is 10.7. The van der Waals surface area contributed by atoms with Gasteiger partial charge in [-0.25, -0.2) is 0 Å². The van der Waals surface area contributed by atoms with Crippen molar-refractivity contribution in [3.63, 3.8) is 0 Å². The molecule has 4 aliphatic rings. The predicted molar refractivity (Wildman–Crippen MR) is 152 cm³/mol. The van der Waals surface area contributed by atoms with Crippen molar-refractivity contribution in [3.8, 4) is 5.69 Å². The van der Waals surface area contributed by atoms with E-state index in [4.69, 9.17) is 0 Å². The molecule has 2 nitrogen and oxygen atoms in total. The first kappa shape index (κ1) is 20.4. The summed E-state index contributed by atoms with van der Waals surface area (Å²) in [6, 6.07) is 21.2. The van der Waals surface area contributed by atoms with Gasteiger partial charge in [-0.1, -0.05) is 60.7 Å². The lowest BCUT2D eigenvalue weighted by molar-refractivity contribution is 0.611. The predicted octanol–water partition coefficient (Wildman–Crippen LogP) is 8.60. The number of benzene rings is 3. The Morgan fingerprint density at radius 3 is 2.69 bits per heavy atom. The Morgan fingerprint density at radius 2 is 1.81 bits per heavy atom. The van der Waals surface area contributed by atoms with Crippen LogP contribution in [0.15, 0.2) is 96.8 Å². The fraction of sp³-hybridized carbons (Fsp3) is 0.235. The molecule has 0 saturated carbocycles. The van der Waals surface area contributed by atoms with Gasteiger partial charge in [0.25, 0.3) is 0 Å². The normalized spacial score (nSPS) is 22.1. The van der Waals surface area contributed by atoms with Crippen LogP contribution in [0.1, 0.15) is 54.7 Å². The van der Waals surface area contributed by atoms with Crippen molar-refractivity contribution < 1.29 is 0 Å². The number of fused-ring (bicyclic) bond motifs is 8. The Bertz CT molecular complexity index is 1640. The highest BCUT2D eigenvalue weighted by atomic mass is 15.2. The average molecular weight is 467 g/mol. The van der Waals surface area contributed by atoms with Gasteiger partial charge in [0, 0.05) is 33.8 Å². The van der Waals surface area contributed by atoms with E-state index in [1.54, 1.807) is 0 Å². The van der Waals surface area contributed by atoms with E-state index < -0.39 is 0 Å². The number of hydrogen-bond donors (Lipinski definition) is 0. The van der Waals surface area contributed by atoms with Crippen LogP contribution in [0.25, 0.3) is 33.6 Å². The number of hydrogen-bond acceptors (Lipinski definition) is 1. The maximum absolute atomic E-state index is 2.67. The molecule has 3 aromatic carbocycles. The highest BCUT2D eigenvalue weighted by Gasteiger charge is 2.38. The number of aryl methyl sites for hydroxylation is 1. The monoisotopic (exact) mass is 466 g/mol. The third-order valence-electron chi connectivity index (χ3n) is 8.69. The Labute approximate surface area is 212 Å². The van der Waals surface area contributed by atoms with E-state index in [2.05, 4.69) is 107 Å². The maximum Gasteiger partial charge on any atom is 0.0562 e. The molecule has 8 rings (SSSR count). The molecule has 2 unspecified atom stereocenters. The van der Waals surface area contributed by atoms with E-state index in [0.717, 1.165) is 19.3 Å². The van der Waals surface area contributed by atoms with Crippen molar-refractivity contribution >= 4 is 33.6 Å². The molecule has 0 saturated heterocycles. The highest BCUT2D eigenvalue weighted by Crippen LogP contribution is 2.52. The summed E-state index contributed by atoms with van der Waals surface area (Å²) in [7, 11) is 0. The first-order valence-electron chi connectivity index (χ1n) is 13.6. The Morgan fingerprint density at radius 1 is 0.861 bits per heavy atom. The van der Waals surface area contributed by atoms with Gasteiger partial charge in [-0.05, 0) is 91.6 Å². The van der Waals surface area contributed by atoms with E-state index >= 15 is 0 Å². The van der Waals surface area contributed by atoms with E-state index in [1.165, 1.54) is 74.8 Å². The molecule has 0 spiro atoms. The van der Waals surface area contributed by atoms with Gasteiger partial charge in [-0.2, -0.15) is 0 Å². The number of rotatable bonds is 2. The van der Waals surface area contributed by atoms with E-state index in [1.807, 2.05) is 0 Å². The SMILES string of the molecule is C1=CCC2C(=C1)N(C1C=CCCC1)c1cc3c(cc12)c1c2c(ccc1n3-c1ccccc1)CCC=C2. The zero-order valence-electron chi connectivity index (χ0n) is 20.5. The molecule has 2 heterocycles. The third-order valence-corrected chi connectivity index (χ3v) is 8.69. The molecule has 1 aliphatic heterocycles. The summed E-state index contributed by atoms with van der Waals surface area (Å²) in [6.45, 7) is 0. The number of allylic oxidation sites excluding steroid dienone is 6. The van der Waals surface area contributed by atoms with Crippen LogP contribution in [0.2, 0.25) is 0 Å². The Hall–Kier alpha value is -3.78. The molecule has 0 radical (unpaired) electrons. The van der Waals surface area contributed by atoms with Crippen LogP contribution in [-0.2, 0) is 6.42 Å². The summed E-state index contributed by atoms with van der Waals surface area (Å²) >= 11 is 0. The lowest BCUT2D eigenvalue weighted by Gasteiger charge is -2.33. The Balaban J connectivity index is 1.47. The van der Waals surface area contributed by atoms with Gasteiger partial charge < -0.3 is 9.47 Å². The molecule has 0 amide bonds. The summed E-state index contributed by atoms with van der Waals surface area (Å²) in [6.07, 6.45) is 23.6. The van der Waals surface area contributed by atoms with Gasteiger partial charge in [0.15, 0.2) is 0 Å². The molecule has 0 N–H and O–H groups in total. The van der Waals surface area contributed by atoms with Gasteiger partial charge in [0.1, 0.15) is 0 Å². The minimum Gasteiger partial charge on any atom is -0.337 e. The third kappa shape index (κ3) is 2.85. The summed E-state index contributed by atoms with van der Waals surface area (Å²) < 4.78 is 2.50. The quantitative estimate of drug-likeness (QED) is 0.269. The standard InChI is InChI=1S/C34H30N2/c1-3-12-24(13-4-1)35-30-18-10-9-17-27(30)28-21-29-33(22-32(28)35)36(25-14-5-2-6-15-25)31-20-19-23-11-7-8-16-26(23)34(29)31/h2-3,5-6,8-10,12,14-16,18-22,24,27H,1,4,7,11,13,17H2. The van der Waals surface area contributed by atoms with Crippen molar-refractivity contribution in [2.75, 3.05) is 4.90 Å². The van der Waals surface area contributed by atoms with E-state index in [0.29, 0.717) is 12.0 Å². The van der Waals surface area contributed by atoms with Gasteiger partial charge in [0.2, 0.25) is 0 Å². The van der Waals surface area contributed by atoms with Crippen molar-refractivity contribution in [2.24, 2.45) is 0 Å². The maximum atomic E-state index is 2.67. The average Bonchev–Trinajstić information content (AvgIpc) is 3.45. The molecule has 2 heteroatoms. The molecular weight excluding hydrogens is 436 g/mol. The molecule has 0 bridgehead atoms. The molecule has 3 aliphatic carbocycles. The van der Waals surface area contributed by atoms with Crippen LogP contribution in [0, 0.1) is 0 Å². The van der Waals surface area contributed by atoms with Gasteiger partial charge in [-0.15, -0.1) is 0 Å². The molecule has 2 atom stereocenters. The smallest absolute Gasteiger partial charge is 0.0562 e. The van der Waals surface area contributed by atoms with Crippen LogP contribution in [0.4, 0.5) is 5.69 Å². The van der Waals surface area contributed by atoms with Gasteiger partial charge in [-0.3, -0.25) is 0 Å². The summed E-state index contributed by atoms with van der Waals surface area (Å²) in [5, 5.41) is 2.81. The second-order valence-corrected chi connectivity index (χ2v) is 10.7. The van der Waals surface area contributed by atoms with E-state index in [9.17, 15) is 0 Å². The topological polar surface area (TPSA) is 8.17 Å². The summed E-state index contributed by atoms with van der Waals surface area (Å²) in [5.41, 5.74) is 11.2. The van der Waals surface area contributed by atoms with Gasteiger partial charge in [0.05, 0.1) is 17.1 Å². The zero-order chi connectivity index (χ0) is 23.6. The largest absolute Gasteiger partial charge is 0.337 e. The molecule has 4 aromatic rings. The minimum absolute atomic E-state index is 0.447.